The summed E-state index contributed by atoms with van der Waals surface area (Å²) in [4.78, 5) is 2.40. The third-order valence-corrected chi connectivity index (χ3v) is 3.13. The Morgan fingerprint density at radius 3 is 3.12 bits per heavy atom. The van der Waals surface area contributed by atoms with E-state index in [1.807, 2.05) is 12.1 Å². The van der Waals surface area contributed by atoms with Crippen molar-refractivity contribution >= 4 is 0 Å². The fourth-order valence-electron chi connectivity index (χ4n) is 2.29. The van der Waals surface area contributed by atoms with Crippen molar-refractivity contribution in [3.63, 3.8) is 0 Å². The molecule has 1 fully saturated rings. The SMILES string of the molecule is CCC(c1ccco1)N1CCOC(CN)C1. The molecule has 1 aromatic rings. The van der Waals surface area contributed by atoms with E-state index in [4.69, 9.17) is 14.9 Å². The minimum Gasteiger partial charge on any atom is -0.468 e. The molecule has 2 unspecified atom stereocenters. The molecule has 4 heteroatoms. The highest BCUT2D eigenvalue weighted by Gasteiger charge is 2.27. The van der Waals surface area contributed by atoms with E-state index in [0.717, 1.165) is 31.9 Å². The summed E-state index contributed by atoms with van der Waals surface area (Å²) in [6.45, 7) is 5.38. The maximum absolute atomic E-state index is 5.65. The Kier molecular flexibility index (Phi) is 3.98. The van der Waals surface area contributed by atoms with Crippen molar-refractivity contribution in [2.75, 3.05) is 26.2 Å². The van der Waals surface area contributed by atoms with Crippen molar-refractivity contribution in [3.8, 4) is 0 Å². The van der Waals surface area contributed by atoms with E-state index in [1.54, 1.807) is 6.26 Å². The lowest BCUT2D eigenvalue weighted by molar-refractivity contribution is -0.0424. The van der Waals surface area contributed by atoms with Crippen LogP contribution in [0.1, 0.15) is 25.1 Å². The minimum atomic E-state index is 0.165. The van der Waals surface area contributed by atoms with Crippen LogP contribution in [0, 0.1) is 0 Å². The van der Waals surface area contributed by atoms with Crippen LogP contribution in [-0.4, -0.2) is 37.2 Å². The lowest BCUT2D eigenvalue weighted by atomic mass is 10.1. The molecule has 0 radical (unpaired) electrons. The molecule has 0 amide bonds. The molecule has 0 spiro atoms. The Bertz CT molecular complexity index is 300. The van der Waals surface area contributed by atoms with E-state index in [1.165, 1.54) is 0 Å². The highest BCUT2D eigenvalue weighted by atomic mass is 16.5. The average Bonchev–Trinajstić information content (AvgIpc) is 2.84. The Balaban J connectivity index is 2.03. The lowest BCUT2D eigenvalue weighted by Gasteiger charge is -2.36. The summed E-state index contributed by atoms with van der Waals surface area (Å²) in [6, 6.07) is 4.34. The second-order valence-electron chi connectivity index (χ2n) is 4.16. The molecule has 1 saturated heterocycles. The van der Waals surface area contributed by atoms with Gasteiger partial charge in [-0.15, -0.1) is 0 Å². The molecule has 0 saturated carbocycles. The number of nitrogens with two attached hydrogens (primary N) is 1. The molecule has 2 N–H and O–H groups in total. The molecule has 4 nitrogen and oxygen atoms in total. The first-order valence-corrected chi connectivity index (χ1v) is 5.94. The van der Waals surface area contributed by atoms with Gasteiger partial charge in [0.2, 0.25) is 0 Å². The van der Waals surface area contributed by atoms with E-state index in [2.05, 4.69) is 11.8 Å². The van der Waals surface area contributed by atoms with Gasteiger partial charge < -0.3 is 14.9 Å². The molecule has 90 valence electrons. The third kappa shape index (κ3) is 2.45. The number of hydrogen-bond donors (Lipinski definition) is 1. The zero-order valence-corrected chi connectivity index (χ0v) is 9.76. The van der Waals surface area contributed by atoms with Gasteiger partial charge in [-0.25, -0.2) is 0 Å². The van der Waals surface area contributed by atoms with Gasteiger partial charge in [-0.2, -0.15) is 0 Å². The van der Waals surface area contributed by atoms with E-state index < -0.39 is 0 Å². The molecule has 1 aromatic heterocycles. The summed E-state index contributed by atoms with van der Waals surface area (Å²) in [5.74, 6) is 1.04. The smallest absolute Gasteiger partial charge is 0.120 e. The lowest BCUT2D eigenvalue weighted by Crippen LogP contribution is -2.46. The van der Waals surface area contributed by atoms with Gasteiger partial charge in [-0.1, -0.05) is 6.92 Å². The fourth-order valence-corrected chi connectivity index (χ4v) is 2.29. The van der Waals surface area contributed by atoms with Crippen LogP contribution in [0.3, 0.4) is 0 Å². The molecule has 0 bridgehead atoms. The zero-order valence-electron chi connectivity index (χ0n) is 9.76. The Morgan fingerprint density at radius 2 is 2.50 bits per heavy atom. The molecule has 1 aliphatic heterocycles. The summed E-state index contributed by atoms with van der Waals surface area (Å²) < 4.78 is 11.1. The van der Waals surface area contributed by atoms with Crippen molar-refractivity contribution in [1.82, 2.24) is 4.90 Å². The van der Waals surface area contributed by atoms with Gasteiger partial charge in [0.1, 0.15) is 5.76 Å². The van der Waals surface area contributed by atoms with Crippen molar-refractivity contribution in [1.29, 1.82) is 0 Å². The van der Waals surface area contributed by atoms with Crippen molar-refractivity contribution in [2.45, 2.75) is 25.5 Å². The van der Waals surface area contributed by atoms with Gasteiger partial charge in [0, 0.05) is 19.6 Å². The highest BCUT2D eigenvalue weighted by molar-refractivity contribution is 5.05. The summed E-state index contributed by atoms with van der Waals surface area (Å²) >= 11 is 0. The van der Waals surface area contributed by atoms with Gasteiger partial charge in [-0.05, 0) is 18.6 Å². The second kappa shape index (κ2) is 5.48. The van der Waals surface area contributed by atoms with Crippen molar-refractivity contribution in [2.24, 2.45) is 5.73 Å². The van der Waals surface area contributed by atoms with Gasteiger partial charge in [0.05, 0.1) is 25.0 Å². The number of ether oxygens (including phenoxy) is 1. The zero-order chi connectivity index (χ0) is 11.4. The molecular weight excluding hydrogens is 204 g/mol. The van der Waals surface area contributed by atoms with Crippen LogP contribution in [0.25, 0.3) is 0 Å². The standard InChI is InChI=1S/C12H20N2O2/c1-2-11(12-4-3-6-16-12)14-5-7-15-10(8-13)9-14/h3-4,6,10-11H,2,5,7-9,13H2,1H3. The van der Waals surface area contributed by atoms with Crippen LogP contribution < -0.4 is 5.73 Å². The number of morpholine rings is 1. The maximum Gasteiger partial charge on any atom is 0.120 e. The molecule has 2 rings (SSSR count). The van der Waals surface area contributed by atoms with Crippen LogP contribution >= 0.6 is 0 Å². The predicted octanol–water partition coefficient (Wildman–Crippen LogP) is 1.39. The van der Waals surface area contributed by atoms with Gasteiger partial charge in [0.15, 0.2) is 0 Å². The van der Waals surface area contributed by atoms with Crippen LogP contribution in [0.5, 0.6) is 0 Å². The number of rotatable bonds is 4. The number of furan rings is 1. The third-order valence-electron chi connectivity index (χ3n) is 3.13. The summed E-state index contributed by atoms with van der Waals surface area (Å²) in [5, 5.41) is 0. The fraction of sp³-hybridized carbons (Fsp3) is 0.667. The Morgan fingerprint density at radius 1 is 1.62 bits per heavy atom. The van der Waals surface area contributed by atoms with Gasteiger partial charge in [-0.3, -0.25) is 4.90 Å². The highest BCUT2D eigenvalue weighted by Crippen LogP contribution is 2.26. The molecule has 2 heterocycles. The minimum absolute atomic E-state index is 0.165. The van der Waals surface area contributed by atoms with Crippen molar-refractivity contribution in [3.05, 3.63) is 24.2 Å². The van der Waals surface area contributed by atoms with Crippen LogP contribution in [0.2, 0.25) is 0 Å². The van der Waals surface area contributed by atoms with Gasteiger partial charge in [0.25, 0.3) is 0 Å². The molecule has 0 aromatic carbocycles. The van der Waals surface area contributed by atoms with E-state index in [0.29, 0.717) is 12.6 Å². The first-order chi connectivity index (χ1) is 7.85. The maximum atomic E-state index is 5.65. The molecule has 16 heavy (non-hydrogen) atoms. The molecule has 1 aliphatic rings. The van der Waals surface area contributed by atoms with E-state index in [9.17, 15) is 0 Å². The average molecular weight is 224 g/mol. The summed E-state index contributed by atoms with van der Waals surface area (Å²) in [6.07, 6.45) is 2.95. The largest absolute Gasteiger partial charge is 0.468 e. The normalized spacial score (nSPS) is 24.5. The molecular formula is C12H20N2O2. The monoisotopic (exact) mass is 224 g/mol. The number of hydrogen-bond acceptors (Lipinski definition) is 4. The quantitative estimate of drug-likeness (QED) is 0.839. The molecule has 2 atom stereocenters. The van der Waals surface area contributed by atoms with Crippen molar-refractivity contribution < 1.29 is 9.15 Å². The van der Waals surface area contributed by atoms with Gasteiger partial charge >= 0.3 is 0 Å². The first kappa shape index (κ1) is 11.6. The number of nitrogens with zero attached hydrogens (tertiary/aromatic N) is 1. The van der Waals surface area contributed by atoms with Crippen LogP contribution in [0.15, 0.2) is 22.8 Å². The predicted molar refractivity (Wildman–Crippen MR) is 62.1 cm³/mol. The van der Waals surface area contributed by atoms with Crippen LogP contribution in [0.4, 0.5) is 0 Å². The Hall–Kier alpha value is -0.840. The van der Waals surface area contributed by atoms with Crippen LogP contribution in [-0.2, 0) is 4.74 Å². The summed E-state index contributed by atoms with van der Waals surface area (Å²) in [7, 11) is 0. The summed E-state index contributed by atoms with van der Waals surface area (Å²) in [5.41, 5.74) is 5.65. The van der Waals surface area contributed by atoms with E-state index in [-0.39, 0.29) is 6.10 Å². The topological polar surface area (TPSA) is 51.6 Å². The first-order valence-electron chi connectivity index (χ1n) is 5.94. The molecule has 0 aliphatic carbocycles. The Labute approximate surface area is 96.4 Å². The van der Waals surface area contributed by atoms with E-state index >= 15 is 0 Å². The second-order valence-corrected chi connectivity index (χ2v) is 4.16.